The van der Waals surface area contributed by atoms with E-state index in [4.69, 9.17) is 12.2 Å². The molecule has 0 aromatic heterocycles. The van der Waals surface area contributed by atoms with E-state index in [0.717, 1.165) is 36.6 Å². The second-order valence-electron chi connectivity index (χ2n) is 7.72. The van der Waals surface area contributed by atoms with Gasteiger partial charge in [0.15, 0.2) is 5.11 Å². The molecule has 27 heavy (non-hydrogen) atoms. The predicted octanol–water partition coefficient (Wildman–Crippen LogP) is 3.73. The van der Waals surface area contributed by atoms with Crippen LogP contribution in [0.2, 0.25) is 0 Å². The maximum absolute atomic E-state index is 5.53. The highest BCUT2D eigenvalue weighted by molar-refractivity contribution is 7.80. The first-order chi connectivity index (χ1) is 13.1. The highest BCUT2D eigenvalue weighted by atomic mass is 32.1. The van der Waals surface area contributed by atoms with Gasteiger partial charge in [-0.15, -0.1) is 0 Å². The zero-order chi connectivity index (χ0) is 19.1. The molecule has 4 heteroatoms. The summed E-state index contributed by atoms with van der Waals surface area (Å²) in [5, 5.41) is 7.58. The Labute approximate surface area is 169 Å². The van der Waals surface area contributed by atoms with Gasteiger partial charge in [-0.3, -0.25) is 0 Å². The lowest BCUT2D eigenvalue weighted by Gasteiger charge is -2.30. The van der Waals surface area contributed by atoms with E-state index in [2.05, 4.69) is 79.1 Å². The third-order valence-corrected chi connectivity index (χ3v) is 5.89. The summed E-state index contributed by atoms with van der Waals surface area (Å²) in [6.45, 7) is 8.00. The fourth-order valence-electron chi connectivity index (χ4n) is 3.71. The molecule has 2 aromatic carbocycles. The molecule has 1 saturated heterocycles. The average molecular weight is 383 g/mol. The monoisotopic (exact) mass is 382 g/mol. The number of piperidine rings is 1. The molecular weight excluding hydrogens is 350 g/mol. The first-order valence-electron chi connectivity index (χ1n) is 10.2. The number of quaternary nitrogens is 1. The van der Waals surface area contributed by atoms with Gasteiger partial charge in [0.2, 0.25) is 0 Å². The zero-order valence-corrected chi connectivity index (χ0v) is 17.3. The lowest BCUT2D eigenvalue weighted by molar-refractivity contribution is -0.918. The van der Waals surface area contributed by atoms with E-state index < -0.39 is 0 Å². The van der Waals surface area contributed by atoms with Crippen LogP contribution in [0.3, 0.4) is 0 Å². The smallest absolute Gasteiger partial charge is 0.171 e. The Hall–Kier alpha value is -1.91. The standard InChI is InChI=1S/C23H31N3S/c1-3-18(2)20-9-11-21(12-10-20)24-23(27)25-22-13-15-26(16-14-22)17-19-7-5-4-6-8-19/h4-12,18,22H,3,13-17H2,1-2H3,(H2,24,25,27)/p+1/t18-/m0/s1. The fourth-order valence-corrected chi connectivity index (χ4v) is 4.00. The van der Waals surface area contributed by atoms with Crippen LogP contribution in [-0.2, 0) is 6.54 Å². The van der Waals surface area contributed by atoms with Crippen molar-refractivity contribution in [2.75, 3.05) is 18.4 Å². The SMILES string of the molecule is CC[C@H](C)c1ccc(NC(=S)NC2CC[NH+](Cc3ccccc3)CC2)cc1. The Morgan fingerprint density at radius 2 is 1.74 bits per heavy atom. The Bertz CT molecular complexity index is 706. The normalized spacial score (nSPS) is 20.7. The summed E-state index contributed by atoms with van der Waals surface area (Å²) >= 11 is 5.53. The molecule has 1 heterocycles. The van der Waals surface area contributed by atoms with Gasteiger partial charge in [-0.1, -0.05) is 56.3 Å². The number of likely N-dealkylation sites (tertiary alicyclic amines) is 1. The molecule has 0 unspecified atom stereocenters. The van der Waals surface area contributed by atoms with Crippen molar-refractivity contribution in [3.63, 3.8) is 0 Å². The van der Waals surface area contributed by atoms with Gasteiger partial charge >= 0.3 is 0 Å². The number of hydrogen-bond acceptors (Lipinski definition) is 1. The minimum atomic E-state index is 0.476. The van der Waals surface area contributed by atoms with Crippen LogP contribution >= 0.6 is 12.2 Å². The van der Waals surface area contributed by atoms with Crippen LogP contribution in [0.15, 0.2) is 54.6 Å². The first kappa shape index (κ1) is 19.8. The lowest BCUT2D eigenvalue weighted by atomic mass is 9.99. The number of hydrogen-bond donors (Lipinski definition) is 3. The quantitative estimate of drug-likeness (QED) is 0.665. The van der Waals surface area contributed by atoms with Crippen LogP contribution in [-0.4, -0.2) is 24.2 Å². The van der Waals surface area contributed by atoms with E-state index in [9.17, 15) is 0 Å². The first-order valence-corrected chi connectivity index (χ1v) is 10.6. The Kier molecular flexibility index (Phi) is 7.25. The van der Waals surface area contributed by atoms with Crippen molar-refractivity contribution < 1.29 is 4.90 Å². The summed E-state index contributed by atoms with van der Waals surface area (Å²) in [4.78, 5) is 1.67. The number of anilines is 1. The molecule has 0 saturated carbocycles. The molecule has 0 aliphatic carbocycles. The van der Waals surface area contributed by atoms with E-state index in [0.29, 0.717) is 12.0 Å². The Morgan fingerprint density at radius 3 is 2.37 bits per heavy atom. The summed E-state index contributed by atoms with van der Waals surface area (Å²) < 4.78 is 0. The van der Waals surface area contributed by atoms with E-state index in [1.807, 2.05) is 0 Å². The summed E-state index contributed by atoms with van der Waals surface area (Å²) in [6, 6.07) is 19.9. The fraction of sp³-hybridized carbons (Fsp3) is 0.435. The minimum Gasteiger partial charge on any atom is -0.359 e. The second-order valence-corrected chi connectivity index (χ2v) is 8.12. The van der Waals surface area contributed by atoms with Crippen LogP contribution in [0.25, 0.3) is 0 Å². The number of thiocarbonyl (C=S) groups is 1. The van der Waals surface area contributed by atoms with E-state index in [1.54, 1.807) is 4.90 Å². The van der Waals surface area contributed by atoms with Crippen LogP contribution in [0.5, 0.6) is 0 Å². The molecule has 0 amide bonds. The summed E-state index contributed by atoms with van der Waals surface area (Å²) in [5.41, 5.74) is 3.87. The number of benzene rings is 2. The summed E-state index contributed by atoms with van der Waals surface area (Å²) in [5.74, 6) is 0.604. The van der Waals surface area contributed by atoms with E-state index in [-0.39, 0.29) is 0 Å². The zero-order valence-electron chi connectivity index (χ0n) is 16.5. The molecule has 0 spiro atoms. The van der Waals surface area contributed by atoms with E-state index in [1.165, 1.54) is 24.2 Å². The average Bonchev–Trinajstić information content (AvgIpc) is 2.70. The molecule has 144 valence electrons. The van der Waals surface area contributed by atoms with Gasteiger partial charge in [0.05, 0.1) is 13.1 Å². The molecule has 3 rings (SSSR count). The van der Waals surface area contributed by atoms with Crippen molar-refractivity contribution in [2.24, 2.45) is 0 Å². The molecule has 2 aromatic rings. The van der Waals surface area contributed by atoms with Gasteiger partial charge in [0.1, 0.15) is 6.54 Å². The van der Waals surface area contributed by atoms with Crippen molar-refractivity contribution in [1.29, 1.82) is 0 Å². The molecule has 3 N–H and O–H groups in total. The molecule has 1 aliphatic rings. The van der Waals surface area contributed by atoms with Crippen molar-refractivity contribution in [3.05, 3.63) is 65.7 Å². The second kappa shape index (κ2) is 9.86. The van der Waals surface area contributed by atoms with Gasteiger partial charge in [-0.05, 0) is 42.3 Å². The van der Waals surface area contributed by atoms with Crippen LogP contribution in [0.4, 0.5) is 5.69 Å². The van der Waals surface area contributed by atoms with Gasteiger partial charge in [-0.25, -0.2) is 0 Å². The van der Waals surface area contributed by atoms with Gasteiger partial charge < -0.3 is 15.5 Å². The van der Waals surface area contributed by atoms with Gasteiger partial charge in [0, 0.05) is 30.1 Å². The number of rotatable bonds is 6. The van der Waals surface area contributed by atoms with Crippen LogP contribution in [0.1, 0.15) is 50.2 Å². The maximum Gasteiger partial charge on any atom is 0.171 e. The van der Waals surface area contributed by atoms with E-state index >= 15 is 0 Å². The highest BCUT2D eigenvalue weighted by Gasteiger charge is 2.22. The predicted molar refractivity (Wildman–Crippen MR) is 118 cm³/mol. The molecule has 1 fully saturated rings. The number of nitrogens with one attached hydrogen (secondary N) is 3. The molecule has 0 radical (unpaired) electrons. The van der Waals surface area contributed by atoms with Crippen molar-refractivity contribution in [2.45, 2.75) is 51.6 Å². The molecule has 1 aliphatic heterocycles. The highest BCUT2D eigenvalue weighted by Crippen LogP contribution is 2.20. The third-order valence-electron chi connectivity index (χ3n) is 5.67. The van der Waals surface area contributed by atoms with Crippen molar-refractivity contribution in [3.8, 4) is 0 Å². The molecule has 1 atom stereocenters. The van der Waals surface area contributed by atoms with Crippen molar-refractivity contribution in [1.82, 2.24) is 5.32 Å². The Balaban J connectivity index is 1.41. The largest absolute Gasteiger partial charge is 0.359 e. The molecule has 3 nitrogen and oxygen atoms in total. The lowest BCUT2D eigenvalue weighted by Crippen LogP contribution is -3.12. The van der Waals surface area contributed by atoms with Gasteiger partial charge in [-0.2, -0.15) is 0 Å². The third kappa shape index (κ3) is 6.05. The van der Waals surface area contributed by atoms with Crippen LogP contribution in [0, 0.1) is 0 Å². The topological polar surface area (TPSA) is 28.5 Å². The maximum atomic E-state index is 5.53. The summed E-state index contributed by atoms with van der Waals surface area (Å²) in [7, 11) is 0. The molecular formula is C23H32N3S+. The van der Waals surface area contributed by atoms with Gasteiger partial charge in [0.25, 0.3) is 0 Å². The molecule has 0 bridgehead atoms. The van der Waals surface area contributed by atoms with Crippen molar-refractivity contribution >= 4 is 23.0 Å². The minimum absolute atomic E-state index is 0.476. The van der Waals surface area contributed by atoms with Crippen LogP contribution < -0.4 is 15.5 Å². The Morgan fingerprint density at radius 1 is 1.07 bits per heavy atom. The summed E-state index contributed by atoms with van der Waals surface area (Å²) in [6.07, 6.45) is 3.49.